The van der Waals surface area contributed by atoms with Gasteiger partial charge in [-0.3, -0.25) is 9.59 Å². The Bertz CT molecular complexity index is 1130. The molecule has 0 saturated carbocycles. The maximum absolute atomic E-state index is 12.9. The highest BCUT2D eigenvalue weighted by Gasteiger charge is 2.21. The lowest BCUT2D eigenvalue weighted by Crippen LogP contribution is -2.09. The van der Waals surface area contributed by atoms with Gasteiger partial charge in [0, 0.05) is 33.3 Å². The Morgan fingerprint density at radius 2 is 1.77 bits per heavy atom. The molecule has 0 aliphatic heterocycles. The Kier molecular flexibility index (Phi) is 4.60. The van der Waals surface area contributed by atoms with Gasteiger partial charge in [0.2, 0.25) is 5.78 Å². The molecule has 0 amide bonds. The van der Waals surface area contributed by atoms with Crippen molar-refractivity contribution >= 4 is 44.1 Å². The van der Waals surface area contributed by atoms with Crippen LogP contribution in [0.1, 0.15) is 21.6 Å². The third-order valence-corrected chi connectivity index (χ3v) is 5.33. The molecule has 0 aliphatic rings. The Morgan fingerprint density at radius 1 is 1.12 bits per heavy atom. The summed E-state index contributed by atoms with van der Waals surface area (Å²) in [5, 5.41) is 10.2. The molecule has 3 aromatic rings. The average molecular weight is 392 g/mol. The zero-order chi connectivity index (χ0) is 19.1. The number of H-pyrrole nitrogens is 1. The van der Waals surface area contributed by atoms with Crippen LogP contribution in [0.5, 0.6) is 0 Å². The number of ketones is 1. The second-order valence-corrected chi connectivity index (χ2v) is 8.32. The van der Waals surface area contributed by atoms with Gasteiger partial charge in [-0.2, -0.15) is 0 Å². The lowest BCUT2D eigenvalue weighted by Gasteiger charge is -2.04. The predicted octanol–water partition coefficient (Wildman–Crippen LogP) is 3.08. The van der Waals surface area contributed by atoms with Crippen molar-refractivity contribution in [3.8, 4) is 0 Å². The molecule has 0 bridgehead atoms. The monoisotopic (exact) mass is 391 g/mol. The summed E-state index contributed by atoms with van der Waals surface area (Å²) >= 11 is 5.96. The standard InChI is InChI=1S/C18H14ClNO5S/c1-26(24,25)12-5-2-10(3-6-12)18(23)17-14(9-16(21)22)13-7-4-11(19)8-15(13)20-17/h2-8,20H,9H2,1H3,(H,21,22). The molecule has 2 aromatic carbocycles. The number of aliphatic carboxylic acids is 1. The molecule has 1 aromatic heterocycles. The van der Waals surface area contributed by atoms with Crippen LogP contribution in [-0.4, -0.2) is 36.5 Å². The van der Waals surface area contributed by atoms with E-state index < -0.39 is 21.6 Å². The quantitative estimate of drug-likeness (QED) is 0.650. The van der Waals surface area contributed by atoms with Crippen molar-refractivity contribution in [3.63, 3.8) is 0 Å². The van der Waals surface area contributed by atoms with Crippen LogP contribution in [-0.2, 0) is 21.1 Å². The van der Waals surface area contributed by atoms with Crippen LogP contribution in [0.3, 0.4) is 0 Å². The molecule has 0 atom stereocenters. The molecule has 134 valence electrons. The topological polar surface area (TPSA) is 104 Å². The van der Waals surface area contributed by atoms with Gasteiger partial charge in [-0.1, -0.05) is 17.7 Å². The molecule has 8 heteroatoms. The lowest BCUT2D eigenvalue weighted by molar-refractivity contribution is -0.136. The van der Waals surface area contributed by atoms with Gasteiger partial charge < -0.3 is 10.1 Å². The molecule has 3 rings (SSSR count). The smallest absolute Gasteiger partial charge is 0.307 e. The largest absolute Gasteiger partial charge is 0.481 e. The molecule has 26 heavy (non-hydrogen) atoms. The minimum atomic E-state index is -3.37. The molecule has 0 saturated heterocycles. The summed E-state index contributed by atoms with van der Waals surface area (Å²) in [5.74, 6) is -1.49. The SMILES string of the molecule is CS(=O)(=O)c1ccc(C(=O)c2[nH]c3cc(Cl)ccc3c2CC(=O)O)cc1. The van der Waals surface area contributed by atoms with Crippen molar-refractivity contribution in [2.45, 2.75) is 11.3 Å². The summed E-state index contributed by atoms with van der Waals surface area (Å²) in [5.41, 5.74) is 1.32. The van der Waals surface area contributed by atoms with Crippen molar-refractivity contribution < 1.29 is 23.1 Å². The van der Waals surface area contributed by atoms with Crippen molar-refractivity contribution in [2.24, 2.45) is 0 Å². The summed E-state index contributed by atoms with van der Waals surface area (Å²) in [6.07, 6.45) is 0.750. The Balaban J connectivity index is 2.11. The van der Waals surface area contributed by atoms with Crippen LogP contribution < -0.4 is 0 Å². The van der Waals surface area contributed by atoms with E-state index in [1.54, 1.807) is 18.2 Å². The number of carboxylic acids is 1. The summed E-state index contributed by atoms with van der Waals surface area (Å²) in [4.78, 5) is 27.1. The van der Waals surface area contributed by atoms with E-state index in [4.69, 9.17) is 11.6 Å². The average Bonchev–Trinajstić information content (AvgIpc) is 2.90. The molecule has 6 nitrogen and oxygen atoms in total. The highest BCUT2D eigenvalue weighted by atomic mass is 35.5. The molecule has 0 fully saturated rings. The summed E-state index contributed by atoms with van der Waals surface area (Å²) < 4.78 is 23.1. The number of benzene rings is 2. The maximum Gasteiger partial charge on any atom is 0.307 e. The number of aromatic amines is 1. The molecular formula is C18H14ClNO5S. The van der Waals surface area contributed by atoms with Gasteiger partial charge in [-0.25, -0.2) is 8.42 Å². The van der Waals surface area contributed by atoms with Crippen LogP contribution in [0, 0.1) is 0 Å². The van der Waals surface area contributed by atoms with Crippen LogP contribution >= 0.6 is 11.6 Å². The fourth-order valence-corrected chi connectivity index (χ4v) is 3.56. The second kappa shape index (κ2) is 6.59. The first-order valence-corrected chi connectivity index (χ1v) is 9.80. The minimum absolute atomic E-state index is 0.100. The number of carboxylic acid groups (broad SMARTS) is 1. The molecular weight excluding hydrogens is 378 g/mol. The van der Waals surface area contributed by atoms with Gasteiger partial charge >= 0.3 is 5.97 Å². The Hall–Kier alpha value is -2.64. The lowest BCUT2D eigenvalue weighted by atomic mass is 10.0. The highest BCUT2D eigenvalue weighted by molar-refractivity contribution is 7.90. The summed E-state index contributed by atoms with van der Waals surface area (Å²) in [7, 11) is -3.37. The van der Waals surface area contributed by atoms with Gasteiger partial charge in [0.25, 0.3) is 0 Å². The van der Waals surface area contributed by atoms with Crippen molar-refractivity contribution in [1.29, 1.82) is 0 Å². The van der Waals surface area contributed by atoms with Crippen molar-refractivity contribution in [1.82, 2.24) is 4.98 Å². The predicted molar refractivity (Wildman–Crippen MR) is 97.6 cm³/mol. The molecule has 1 heterocycles. The van der Waals surface area contributed by atoms with E-state index in [2.05, 4.69) is 4.98 Å². The van der Waals surface area contributed by atoms with Gasteiger partial charge in [-0.05, 0) is 36.4 Å². The van der Waals surface area contributed by atoms with Crippen LogP contribution in [0.4, 0.5) is 0 Å². The third kappa shape index (κ3) is 3.49. The molecule has 0 radical (unpaired) electrons. The normalized spacial score (nSPS) is 11.6. The van der Waals surface area contributed by atoms with Gasteiger partial charge in [-0.15, -0.1) is 0 Å². The molecule has 2 N–H and O–H groups in total. The van der Waals surface area contributed by atoms with Gasteiger partial charge in [0.05, 0.1) is 17.0 Å². The van der Waals surface area contributed by atoms with E-state index in [1.165, 1.54) is 24.3 Å². The van der Waals surface area contributed by atoms with E-state index >= 15 is 0 Å². The number of hydrogen-bond acceptors (Lipinski definition) is 4. The number of halogens is 1. The van der Waals surface area contributed by atoms with E-state index in [-0.39, 0.29) is 22.6 Å². The number of nitrogens with one attached hydrogen (secondary N) is 1. The van der Waals surface area contributed by atoms with Crippen LogP contribution in [0.15, 0.2) is 47.4 Å². The summed E-state index contributed by atoms with van der Waals surface area (Å²) in [6, 6.07) is 10.4. The van der Waals surface area contributed by atoms with Crippen molar-refractivity contribution in [3.05, 3.63) is 64.3 Å². The zero-order valence-corrected chi connectivity index (χ0v) is 15.2. The third-order valence-electron chi connectivity index (χ3n) is 3.97. The Labute approximate surface area is 154 Å². The first-order chi connectivity index (χ1) is 12.2. The fraction of sp³-hybridized carbons (Fsp3) is 0.111. The molecule has 0 unspecified atom stereocenters. The highest BCUT2D eigenvalue weighted by Crippen LogP contribution is 2.27. The number of rotatable bonds is 5. The first-order valence-electron chi connectivity index (χ1n) is 7.53. The van der Waals surface area contributed by atoms with Gasteiger partial charge in [0.1, 0.15) is 0 Å². The molecule has 0 aliphatic carbocycles. The number of carbonyl (C=O) groups excluding carboxylic acids is 1. The summed E-state index contributed by atoms with van der Waals surface area (Å²) in [6.45, 7) is 0. The van der Waals surface area contributed by atoms with Crippen LogP contribution in [0.25, 0.3) is 10.9 Å². The number of carbonyl (C=O) groups is 2. The Morgan fingerprint density at radius 3 is 2.35 bits per heavy atom. The maximum atomic E-state index is 12.9. The number of fused-ring (bicyclic) bond motifs is 1. The molecule has 0 spiro atoms. The zero-order valence-electron chi connectivity index (χ0n) is 13.6. The van der Waals surface area contributed by atoms with E-state index in [0.717, 1.165) is 6.26 Å². The van der Waals surface area contributed by atoms with E-state index in [9.17, 15) is 23.1 Å². The van der Waals surface area contributed by atoms with Gasteiger partial charge in [0.15, 0.2) is 9.84 Å². The number of hydrogen-bond donors (Lipinski definition) is 2. The van der Waals surface area contributed by atoms with E-state index in [1.807, 2.05) is 0 Å². The second-order valence-electron chi connectivity index (χ2n) is 5.86. The van der Waals surface area contributed by atoms with Crippen LogP contribution in [0.2, 0.25) is 5.02 Å². The fourth-order valence-electron chi connectivity index (χ4n) is 2.75. The van der Waals surface area contributed by atoms with E-state index in [0.29, 0.717) is 21.5 Å². The van der Waals surface area contributed by atoms with Crippen molar-refractivity contribution in [2.75, 3.05) is 6.26 Å². The minimum Gasteiger partial charge on any atom is -0.481 e. The number of aromatic nitrogens is 1. The first kappa shape index (κ1) is 18.2. The number of sulfone groups is 1.